The Bertz CT molecular complexity index is 1610. The zero-order chi connectivity index (χ0) is 24.0. The topological polar surface area (TPSA) is 82.9 Å². The lowest BCUT2D eigenvalue weighted by atomic mass is 10.1. The van der Waals surface area contributed by atoms with E-state index in [-0.39, 0.29) is 18.3 Å². The molecule has 11 heteroatoms. The van der Waals surface area contributed by atoms with Crippen LogP contribution in [0.5, 0.6) is 0 Å². The zero-order valence-electron chi connectivity index (χ0n) is 17.5. The van der Waals surface area contributed by atoms with Crippen LogP contribution in [0.3, 0.4) is 0 Å². The Balaban J connectivity index is 1.55. The normalized spacial score (nSPS) is 11.9. The molecule has 2 aromatic carbocycles. The van der Waals surface area contributed by atoms with Crippen LogP contribution in [0.2, 0.25) is 0 Å². The first kappa shape index (κ1) is 21.8. The van der Waals surface area contributed by atoms with Gasteiger partial charge in [0, 0.05) is 5.56 Å². The van der Waals surface area contributed by atoms with Gasteiger partial charge < -0.3 is 4.52 Å². The highest BCUT2D eigenvalue weighted by Crippen LogP contribution is 2.30. The van der Waals surface area contributed by atoms with Crippen LogP contribution in [0, 0.1) is 6.92 Å². The van der Waals surface area contributed by atoms with Crippen LogP contribution in [-0.2, 0) is 12.7 Å². The van der Waals surface area contributed by atoms with Crippen LogP contribution >= 0.6 is 11.3 Å². The van der Waals surface area contributed by atoms with Gasteiger partial charge in [-0.3, -0.25) is 9.36 Å². The highest BCUT2D eigenvalue weighted by molar-refractivity contribution is 7.17. The van der Waals surface area contributed by atoms with Gasteiger partial charge >= 0.3 is 11.9 Å². The van der Waals surface area contributed by atoms with E-state index in [1.807, 2.05) is 6.92 Å². The summed E-state index contributed by atoms with van der Waals surface area (Å²) in [5.41, 5.74) is 0.389. The molecule has 3 heterocycles. The van der Waals surface area contributed by atoms with E-state index in [1.165, 1.54) is 28.0 Å². The highest BCUT2D eigenvalue weighted by Gasteiger charge is 2.30. The molecule has 5 rings (SSSR count). The molecule has 0 atom stereocenters. The summed E-state index contributed by atoms with van der Waals surface area (Å²) < 4.78 is 46.5. The van der Waals surface area contributed by atoms with E-state index in [9.17, 15) is 22.8 Å². The summed E-state index contributed by atoms with van der Waals surface area (Å²) in [6.07, 6.45) is -4.45. The standard InChI is InChI=1S/C23H15F3N4O3S/c1-13-2-8-16(9-3-13)30-21(31)19-17(10-11-34-19)29(22(30)32)12-18-27-20(28-33-18)14-4-6-15(7-5-14)23(24,25)26/h2-11H,12H2,1H3. The average molecular weight is 484 g/mol. The first-order chi connectivity index (χ1) is 16.2. The predicted octanol–water partition coefficient (Wildman–Crippen LogP) is 4.64. The fraction of sp³-hybridized carbons (Fsp3) is 0.130. The molecule has 0 aliphatic rings. The summed E-state index contributed by atoms with van der Waals surface area (Å²) in [4.78, 5) is 30.6. The number of aryl methyl sites for hydroxylation is 1. The number of hydrogen-bond acceptors (Lipinski definition) is 6. The third-order valence-electron chi connectivity index (χ3n) is 5.28. The second kappa shape index (κ2) is 8.10. The van der Waals surface area contributed by atoms with Crippen molar-refractivity contribution in [2.24, 2.45) is 0 Å². The molecule has 0 saturated carbocycles. The van der Waals surface area contributed by atoms with E-state index in [2.05, 4.69) is 10.1 Å². The molecule has 0 fully saturated rings. The van der Waals surface area contributed by atoms with E-state index < -0.39 is 23.0 Å². The molecule has 0 N–H and O–H groups in total. The number of fused-ring (bicyclic) bond motifs is 1. The Morgan fingerprint density at radius 2 is 1.71 bits per heavy atom. The largest absolute Gasteiger partial charge is 0.416 e. The van der Waals surface area contributed by atoms with Crippen LogP contribution in [0.4, 0.5) is 13.2 Å². The van der Waals surface area contributed by atoms with Gasteiger partial charge in [0.05, 0.1) is 16.8 Å². The Morgan fingerprint density at radius 3 is 2.38 bits per heavy atom. The minimum Gasteiger partial charge on any atom is -0.337 e. The van der Waals surface area contributed by atoms with Gasteiger partial charge in [0.15, 0.2) is 0 Å². The third-order valence-corrected chi connectivity index (χ3v) is 6.17. The fourth-order valence-electron chi connectivity index (χ4n) is 3.54. The monoisotopic (exact) mass is 484 g/mol. The summed E-state index contributed by atoms with van der Waals surface area (Å²) in [5.74, 6) is 0.156. The van der Waals surface area contributed by atoms with Crippen LogP contribution in [0.1, 0.15) is 17.0 Å². The van der Waals surface area contributed by atoms with E-state index in [1.54, 1.807) is 35.7 Å². The summed E-state index contributed by atoms with van der Waals surface area (Å²) in [7, 11) is 0. The molecule has 34 heavy (non-hydrogen) atoms. The van der Waals surface area contributed by atoms with E-state index in [4.69, 9.17) is 4.52 Å². The summed E-state index contributed by atoms with van der Waals surface area (Å²) >= 11 is 1.21. The van der Waals surface area contributed by atoms with Crippen molar-refractivity contribution in [2.45, 2.75) is 19.6 Å². The molecule has 0 amide bonds. The average Bonchev–Trinajstić information content (AvgIpc) is 3.48. The second-order valence-electron chi connectivity index (χ2n) is 7.57. The lowest BCUT2D eigenvalue weighted by Crippen LogP contribution is -2.38. The van der Waals surface area contributed by atoms with Crippen molar-refractivity contribution >= 4 is 21.6 Å². The maximum Gasteiger partial charge on any atom is 0.416 e. The Labute approximate surface area is 193 Å². The second-order valence-corrected chi connectivity index (χ2v) is 8.48. The van der Waals surface area contributed by atoms with Crippen LogP contribution in [0.25, 0.3) is 27.3 Å². The van der Waals surface area contributed by atoms with Gasteiger partial charge in [-0.05, 0) is 42.6 Å². The minimum atomic E-state index is -4.45. The summed E-state index contributed by atoms with van der Waals surface area (Å²) in [6, 6.07) is 13.0. The quantitative estimate of drug-likeness (QED) is 0.371. The van der Waals surface area contributed by atoms with Crippen molar-refractivity contribution in [3.05, 3.63) is 97.8 Å². The van der Waals surface area contributed by atoms with Gasteiger partial charge in [-0.25, -0.2) is 9.36 Å². The van der Waals surface area contributed by atoms with Gasteiger partial charge in [-0.15, -0.1) is 11.3 Å². The Morgan fingerprint density at radius 1 is 1.00 bits per heavy atom. The predicted molar refractivity (Wildman–Crippen MR) is 120 cm³/mol. The molecular weight excluding hydrogens is 469 g/mol. The number of thiophene rings is 1. The van der Waals surface area contributed by atoms with Crippen molar-refractivity contribution < 1.29 is 17.7 Å². The first-order valence-corrected chi connectivity index (χ1v) is 10.9. The molecular formula is C23H15F3N4O3S. The molecule has 0 aliphatic carbocycles. The van der Waals surface area contributed by atoms with Crippen molar-refractivity contribution in [1.29, 1.82) is 0 Å². The van der Waals surface area contributed by atoms with Gasteiger partial charge in [-0.2, -0.15) is 18.2 Å². The zero-order valence-corrected chi connectivity index (χ0v) is 18.4. The van der Waals surface area contributed by atoms with Gasteiger partial charge in [0.25, 0.3) is 5.56 Å². The molecule has 0 radical (unpaired) electrons. The number of halogens is 3. The molecule has 0 aliphatic heterocycles. The first-order valence-electron chi connectivity index (χ1n) is 10.0. The molecule has 172 valence electrons. The van der Waals surface area contributed by atoms with Crippen molar-refractivity contribution in [3.63, 3.8) is 0 Å². The van der Waals surface area contributed by atoms with Crippen LogP contribution in [0.15, 0.2) is 74.1 Å². The van der Waals surface area contributed by atoms with Gasteiger partial charge in [-0.1, -0.05) is 35.0 Å². The minimum absolute atomic E-state index is 0.0682. The number of benzene rings is 2. The maximum atomic E-state index is 13.3. The number of rotatable bonds is 4. The molecule has 0 unspecified atom stereocenters. The SMILES string of the molecule is Cc1ccc(-n2c(=O)c3sccc3n(Cc3nc(-c4ccc(C(F)(F)F)cc4)no3)c2=O)cc1. The fourth-order valence-corrected chi connectivity index (χ4v) is 4.37. The Kier molecular flexibility index (Phi) is 5.20. The number of nitrogens with zero attached hydrogens (tertiary/aromatic N) is 4. The number of aromatic nitrogens is 4. The summed E-state index contributed by atoms with van der Waals surface area (Å²) in [5, 5.41) is 5.54. The molecule has 0 saturated heterocycles. The van der Waals surface area contributed by atoms with E-state index >= 15 is 0 Å². The number of hydrogen-bond donors (Lipinski definition) is 0. The lowest BCUT2D eigenvalue weighted by Gasteiger charge is -2.11. The Hall–Kier alpha value is -3.99. The summed E-state index contributed by atoms with van der Waals surface area (Å²) in [6.45, 7) is 1.78. The van der Waals surface area contributed by atoms with Crippen molar-refractivity contribution in [3.8, 4) is 17.1 Å². The van der Waals surface area contributed by atoms with E-state index in [0.717, 1.165) is 22.3 Å². The van der Waals surface area contributed by atoms with Crippen molar-refractivity contribution in [1.82, 2.24) is 19.3 Å². The molecule has 0 bridgehead atoms. The van der Waals surface area contributed by atoms with Crippen molar-refractivity contribution in [2.75, 3.05) is 0 Å². The molecule has 0 spiro atoms. The molecule has 5 aromatic rings. The molecule has 7 nitrogen and oxygen atoms in total. The van der Waals surface area contributed by atoms with Crippen LogP contribution < -0.4 is 11.2 Å². The molecule has 3 aromatic heterocycles. The highest BCUT2D eigenvalue weighted by atomic mass is 32.1. The number of alkyl halides is 3. The van der Waals surface area contributed by atoms with Crippen LogP contribution in [-0.4, -0.2) is 19.3 Å². The van der Waals surface area contributed by atoms with Gasteiger partial charge in [0.1, 0.15) is 11.2 Å². The van der Waals surface area contributed by atoms with Gasteiger partial charge in [0.2, 0.25) is 11.7 Å². The third kappa shape index (κ3) is 3.83. The van der Waals surface area contributed by atoms with E-state index in [0.29, 0.717) is 21.5 Å². The lowest BCUT2D eigenvalue weighted by molar-refractivity contribution is -0.137. The maximum absolute atomic E-state index is 13.3. The smallest absolute Gasteiger partial charge is 0.337 e.